The lowest BCUT2D eigenvalue weighted by molar-refractivity contribution is 0.122. The standard InChI is InChI=1S/C19H22N4O3S/c1-21(14-23-19(24)26-18(20-23)17-3-2-12-27-17)13-15-4-6-16(7-5-15)22-8-10-25-11-9-22/h2-7,12H,8-11,13-14H2,1H3. The number of hydrogen-bond acceptors (Lipinski definition) is 7. The summed E-state index contributed by atoms with van der Waals surface area (Å²) in [7, 11) is 1.96. The summed E-state index contributed by atoms with van der Waals surface area (Å²) < 4.78 is 12.0. The van der Waals surface area contributed by atoms with Gasteiger partial charge in [0.2, 0.25) is 0 Å². The normalized spacial score (nSPS) is 14.8. The van der Waals surface area contributed by atoms with Crippen LogP contribution in [0.15, 0.2) is 51.0 Å². The Kier molecular flexibility index (Phi) is 5.38. The minimum absolute atomic E-state index is 0.373. The first-order valence-electron chi connectivity index (χ1n) is 8.91. The second-order valence-electron chi connectivity index (χ2n) is 6.57. The van der Waals surface area contributed by atoms with Crippen molar-refractivity contribution >= 4 is 17.0 Å². The van der Waals surface area contributed by atoms with Gasteiger partial charge >= 0.3 is 5.76 Å². The molecule has 0 bridgehead atoms. The first-order valence-corrected chi connectivity index (χ1v) is 9.79. The number of anilines is 1. The number of ether oxygens (including phenoxy) is 1. The van der Waals surface area contributed by atoms with Crippen molar-refractivity contribution in [3.05, 3.63) is 57.9 Å². The Morgan fingerprint density at radius 1 is 1.19 bits per heavy atom. The molecule has 1 aliphatic heterocycles. The average molecular weight is 386 g/mol. The number of rotatable bonds is 6. The molecule has 0 saturated carbocycles. The van der Waals surface area contributed by atoms with Crippen LogP contribution < -0.4 is 10.7 Å². The van der Waals surface area contributed by atoms with E-state index in [1.807, 2.05) is 29.5 Å². The molecule has 8 heteroatoms. The summed E-state index contributed by atoms with van der Waals surface area (Å²) in [5.41, 5.74) is 2.41. The lowest BCUT2D eigenvalue weighted by Crippen LogP contribution is -2.36. The molecule has 27 heavy (non-hydrogen) atoms. The molecule has 1 aromatic carbocycles. The van der Waals surface area contributed by atoms with E-state index in [0.717, 1.165) is 37.7 Å². The zero-order valence-corrected chi connectivity index (χ0v) is 16.0. The first-order chi connectivity index (χ1) is 13.2. The quantitative estimate of drug-likeness (QED) is 0.649. The van der Waals surface area contributed by atoms with Crippen LogP contribution in [0.2, 0.25) is 0 Å². The number of hydrogen-bond donors (Lipinski definition) is 0. The Morgan fingerprint density at radius 2 is 1.96 bits per heavy atom. The van der Waals surface area contributed by atoms with Crippen LogP contribution in [0.1, 0.15) is 5.56 Å². The van der Waals surface area contributed by atoms with E-state index in [4.69, 9.17) is 9.15 Å². The third-order valence-corrected chi connectivity index (χ3v) is 5.34. The van der Waals surface area contributed by atoms with Gasteiger partial charge in [-0.15, -0.1) is 16.4 Å². The molecule has 0 unspecified atom stereocenters. The second-order valence-corrected chi connectivity index (χ2v) is 7.52. The summed E-state index contributed by atoms with van der Waals surface area (Å²) >= 11 is 1.50. The van der Waals surface area contributed by atoms with E-state index in [-0.39, 0.29) is 0 Å². The van der Waals surface area contributed by atoms with Crippen LogP contribution in [0.25, 0.3) is 10.8 Å². The van der Waals surface area contributed by atoms with Crippen molar-refractivity contribution in [2.24, 2.45) is 0 Å². The molecule has 0 N–H and O–H groups in total. The Labute approximate surface area is 161 Å². The van der Waals surface area contributed by atoms with E-state index in [0.29, 0.717) is 12.6 Å². The summed E-state index contributed by atoms with van der Waals surface area (Å²) in [6, 6.07) is 12.3. The van der Waals surface area contributed by atoms with Gasteiger partial charge in [-0.1, -0.05) is 18.2 Å². The summed E-state index contributed by atoms with van der Waals surface area (Å²) in [6.45, 7) is 4.52. The molecule has 0 spiro atoms. The van der Waals surface area contributed by atoms with Gasteiger partial charge in [-0.05, 0) is 36.2 Å². The van der Waals surface area contributed by atoms with E-state index < -0.39 is 5.76 Å². The van der Waals surface area contributed by atoms with Crippen LogP contribution in [-0.4, -0.2) is 48.0 Å². The van der Waals surface area contributed by atoms with Gasteiger partial charge in [0, 0.05) is 25.3 Å². The lowest BCUT2D eigenvalue weighted by atomic mass is 10.2. The smallest absolute Gasteiger partial charge is 0.387 e. The molecule has 1 saturated heterocycles. The van der Waals surface area contributed by atoms with Crippen molar-refractivity contribution < 1.29 is 9.15 Å². The van der Waals surface area contributed by atoms with Crippen molar-refractivity contribution in [2.75, 3.05) is 38.3 Å². The summed E-state index contributed by atoms with van der Waals surface area (Å²) in [5, 5.41) is 6.23. The van der Waals surface area contributed by atoms with Gasteiger partial charge in [0.15, 0.2) is 0 Å². The maximum Gasteiger partial charge on any atom is 0.438 e. The Bertz CT molecular complexity index is 911. The van der Waals surface area contributed by atoms with Crippen LogP contribution in [-0.2, 0) is 18.0 Å². The largest absolute Gasteiger partial charge is 0.438 e. The van der Waals surface area contributed by atoms with Crippen molar-refractivity contribution in [3.63, 3.8) is 0 Å². The van der Waals surface area contributed by atoms with Crippen LogP contribution >= 0.6 is 11.3 Å². The maximum atomic E-state index is 12.0. The van der Waals surface area contributed by atoms with Gasteiger partial charge in [0.05, 0.1) is 18.1 Å². The summed E-state index contributed by atoms with van der Waals surface area (Å²) in [6.07, 6.45) is 0. The highest BCUT2D eigenvalue weighted by Gasteiger charge is 2.14. The van der Waals surface area contributed by atoms with Gasteiger partial charge in [0.1, 0.15) is 6.67 Å². The number of benzene rings is 1. The second kappa shape index (κ2) is 8.08. The number of nitrogens with zero attached hydrogens (tertiary/aromatic N) is 4. The van der Waals surface area contributed by atoms with Crippen LogP contribution in [0.3, 0.4) is 0 Å². The topological polar surface area (TPSA) is 63.7 Å². The van der Waals surface area contributed by atoms with Gasteiger partial charge in [0.25, 0.3) is 5.89 Å². The highest BCUT2D eigenvalue weighted by atomic mass is 32.1. The van der Waals surface area contributed by atoms with E-state index in [1.54, 1.807) is 0 Å². The zero-order valence-electron chi connectivity index (χ0n) is 15.2. The van der Waals surface area contributed by atoms with E-state index in [9.17, 15) is 4.79 Å². The maximum absolute atomic E-state index is 12.0. The van der Waals surface area contributed by atoms with Crippen LogP contribution in [0, 0.1) is 0 Å². The molecule has 3 aromatic rings. The predicted molar refractivity (Wildman–Crippen MR) is 105 cm³/mol. The fourth-order valence-electron chi connectivity index (χ4n) is 3.12. The Balaban J connectivity index is 1.38. The fraction of sp³-hybridized carbons (Fsp3) is 0.368. The molecule has 0 atom stereocenters. The molecule has 0 aliphatic carbocycles. The Hall–Kier alpha value is -2.42. The van der Waals surface area contributed by atoms with Crippen molar-refractivity contribution in [2.45, 2.75) is 13.2 Å². The van der Waals surface area contributed by atoms with Gasteiger partial charge in [-0.3, -0.25) is 4.90 Å². The van der Waals surface area contributed by atoms with E-state index in [2.05, 4.69) is 34.3 Å². The third kappa shape index (κ3) is 4.29. The number of morpholine rings is 1. The third-order valence-electron chi connectivity index (χ3n) is 4.48. The van der Waals surface area contributed by atoms with Gasteiger partial charge < -0.3 is 14.1 Å². The van der Waals surface area contributed by atoms with E-state index in [1.165, 1.54) is 27.3 Å². The van der Waals surface area contributed by atoms with Gasteiger partial charge in [-0.2, -0.15) is 4.68 Å². The predicted octanol–water partition coefficient (Wildman–Crippen LogP) is 2.49. The highest BCUT2D eigenvalue weighted by Crippen LogP contribution is 2.21. The molecule has 1 aliphatic rings. The van der Waals surface area contributed by atoms with Crippen LogP contribution in [0.4, 0.5) is 5.69 Å². The minimum atomic E-state index is -0.437. The van der Waals surface area contributed by atoms with Gasteiger partial charge in [-0.25, -0.2) is 4.79 Å². The van der Waals surface area contributed by atoms with Crippen molar-refractivity contribution in [3.8, 4) is 10.8 Å². The molecule has 4 rings (SSSR count). The van der Waals surface area contributed by atoms with Crippen molar-refractivity contribution in [1.82, 2.24) is 14.7 Å². The average Bonchev–Trinajstić information content (AvgIpc) is 3.33. The fourth-order valence-corrected chi connectivity index (χ4v) is 3.76. The number of thiophene rings is 1. The molecule has 2 aromatic heterocycles. The molecular formula is C19H22N4O3S. The van der Waals surface area contributed by atoms with E-state index >= 15 is 0 Å². The minimum Gasteiger partial charge on any atom is -0.387 e. The van der Waals surface area contributed by atoms with Crippen molar-refractivity contribution in [1.29, 1.82) is 0 Å². The molecule has 1 fully saturated rings. The summed E-state index contributed by atoms with van der Waals surface area (Å²) in [5.74, 6) is -0.0637. The monoisotopic (exact) mass is 386 g/mol. The summed E-state index contributed by atoms with van der Waals surface area (Å²) in [4.78, 5) is 17.3. The number of aromatic nitrogens is 2. The molecule has 142 valence electrons. The molecule has 0 radical (unpaired) electrons. The molecule has 0 amide bonds. The first kappa shape index (κ1) is 18.0. The van der Waals surface area contributed by atoms with Crippen LogP contribution in [0.5, 0.6) is 0 Å². The lowest BCUT2D eigenvalue weighted by Gasteiger charge is -2.29. The molecule has 7 nitrogen and oxygen atoms in total. The Morgan fingerprint density at radius 3 is 2.67 bits per heavy atom. The highest BCUT2D eigenvalue weighted by molar-refractivity contribution is 7.13. The SMILES string of the molecule is CN(Cc1ccc(N2CCOCC2)cc1)Cn1nc(-c2cccs2)oc1=O. The molecule has 3 heterocycles. The molecular weight excluding hydrogens is 364 g/mol. The zero-order chi connectivity index (χ0) is 18.6.